The molecule has 0 aliphatic heterocycles. The predicted molar refractivity (Wildman–Crippen MR) is 80.7 cm³/mol. The third-order valence-electron chi connectivity index (χ3n) is 2.75. The van der Waals surface area contributed by atoms with Crippen LogP contribution >= 0.6 is 0 Å². The molecule has 4 heteroatoms. The number of carbonyl (C=O) groups excluding carboxylic acids is 1. The number of benzene rings is 2. The molecule has 0 aliphatic rings. The fraction of sp³-hybridized carbons (Fsp3) is 0.118. The van der Waals surface area contributed by atoms with Crippen LogP contribution in [0.15, 0.2) is 54.6 Å². The maximum atomic E-state index is 11.8. The smallest absolute Gasteiger partial charge is 0.336 e. The molecule has 4 nitrogen and oxygen atoms in total. The number of hydrogen-bond acceptors (Lipinski definition) is 4. The number of carbonyl (C=O) groups is 1. The van der Waals surface area contributed by atoms with Crippen molar-refractivity contribution in [1.82, 2.24) is 0 Å². The molecule has 0 N–H and O–H groups in total. The summed E-state index contributed by atoms with van der Waals surface area (Å²) >= 11 is 0. The summed E-state index contributed by atoms with van der Waals surface area (Å²) in [5.41, 5.74) is 0.928. The van der Waals surface area contributed by atoms with Crippen LogP contribution in [0.2, 0.25) is 0 Å². The minimum Gasteiger partial charge on any atom is -0.496 e. The first-order valence-corrected chi connectivity index (χ1v) is 6.39. The summed E-state index contributed by atoms with van der Waals surface area (Å²) in [6.45, 7) is 0. The summed E-state index contributed by atoms with van der Waals surface area (Å²) in [4.78, 5) is 11.8. The number of rotatable bonds is 5. The molecule has 2 aromatic carbocycles. The summed E-state index contributed by atoms with van der Waals surface area (Å²) in [7, 11) is 3.07. The molecule has 0 radical (unpaired) electrons. The highest BCUT2D eigenvalue weighted by Crippen LogP contribution is 2.27. The second-order valence-electron chi connectivity index (χ2n) is 4.21. The summed E-state index contributed by atoms with van der Waals surface area (Å²) < 4.78 is 15.5. The van der Waals surface area contributed by atoms with E-state index in [2.05, 4.69) is 0 Å². The van der Waals surface area contributed by atoms with Gasteiger partial charge in [-0.25, -0.2) is 4.79 Å². The van der Waals surface area contributed by atoms with Gasteiger partial charge in [-0.15, -0.1) is 0 Å². The standard InChI is InChI=1S/C17H16O4/c1-19-14-10-15(20-2)12-16(11-14)21-17(18)9-8-13-6-4-3-5-7-13/h3-12H,1-2H3/b9-8+. The Bertz CT molecular complexity index is 610. The molecule has 21 heavy (non-hydrogen) atoms. The van der Waals surface area contributed by atoms with E-state index < -0.39 is 5.97 Å². The number of esters is 1. The first-order chi connectivity index (χ1) is 10.2. The fourth-order valence-corrected chi connectivity index (χ4v) is 1.72. The van der Waals surface area contributed by atoms with E-state index in [1.807, 2.05) is 30.3 Å². The Kier molecular flexibility index (Phi) is 4.99. The lowest BCUT2D eigenvalue weighted by molar-refractivity contribution is -0.128. The van der Waals surface area contributed by atoms with E-state index >= 15 is 0 Å². The van der Waals surface area contributed by atoms with Crippen LogP contribution in [-0.2, 0) is 4.79 Å². The minimum absolute atomic E-state index is 0.369. The van der Waals surface area contributed by atoms with Gasteiger partial charge in [0.15, 0.2) is 0 Å². The fourth-order valence-electron chi connectivity index (χ4n) is 1.72. The normalized spacial score (nSPS) is 10.4. The van der Waals surface area contributed by atoms with Crippen molar-refractivity contribution >= 4 is 12.0 Å². The van der Waals surface area contributed by atoms with Crippen LogP contribution in [0.1, 0.15) is 5.56 Å². The maximum absolute atomic E-state index is 11.8. The van der Waals surface area contributed by atoms with Gasteiger partial charge in [-0.05, 0) is 11.6 Å². The van der Waals surface area contributed by atoms with Crippen molar-refractivity contribution in [3.63, 3.8) is 0 Å². The zero-order chi connectivity index (χ0) is 15.1. The highest BCUT2D eigenvalue weighted by molar-refractivity contribution is 5.88. The lowest BCUT2D eigenvalue weighted by atomic mass is 10.2. The van der Waals surface area contributed by atoms with Gasteiger partial charge in [0.25, 0.3) is 0 Å². The average molecular weight is 284 g/mol. The van der Waals surface area contributed by atoms with Crippen molar-refractivity contribution in [3.8, 4) is 17.2 Å². The van der Waals surface area contributed by atoms with Gasteiger partial charge in [-0.2, -0.15) is 0 Å². The van der Waals surface area contributed by atoms with Gasteiger partial charge in [-0.3, -0.25) is 0 Å². The average Bonchev–Trinajstić information content (AvgIpc) is 2.53. The molecule has 0 fully saturated rings. The Labute approximate surface area is 123 Å². The molecule has 0 atom stereocenters. The van der Waals surface area contributed by atoms with Crippen molar-refractivity contribution in [2.45, 2.75) is 0 Å². The molecule has 0 spiro atoms. The maximum Gasteiger partial charge on any atom is 0.336 e. The molecule has 0 unspecified atom stereocenters. The number of ether oxygens (including phenoxy) is 3. The van der Waals surface area contributed by atoms with Gasteiger partial charge < -0.3 is 14.2 Å². The van der Waals surface area contributed by atoms with Gasteiger partial charge >= 0.3 is 5.97 Å². The van der Waals surface area contributed by atoms with E-state index in [1.165, 1.54) is 20.3 Å². The van der Waals surface area contributed by atoms with E-state index in [1.54, 1.807) is 24.3 Å². The molecule has 0 bridgehead atoms. The van der Waals surface area contributed by atoms with E-state index in [9.17, 15) is 4.79 Å². The summed E-state index contributed by atoms with van der Waals surface area (Å²) in [5.74, 6) is 1.02. The molecule has 0 amide bonds. The van der Waals surface area contributed by atoms with Crippen LogP contribution in [0, 0.1) is 0 Å². The van der Waals surface area contributed by atoms with Crippen LogP contribution in [0.4, 0.5) is 0 Å². The van der Waals surface area contributed by atoms with Gasteiger partial charge in [-0.1, -0.05) is 30.3 Å². The molecule has 0 saturated carbocycles. The third kappa shape index (κ3) is 4.38. The van der Waals surface area contributed by atoms with Gasteiger partial charge in [0.2, 0.25) is 0 Å². The molecule has 0 heterocycles. The largest absolute Gasteiger partial charge is 0.496 e. The van der Waals surface area contributed by atoms with Crippen LogP contribution in [0.25, 0.3) is 6.08 Å². The third-order valence-corrected chi connectivity index (χ3v) is 2.75. The van der Waals surface area contributed by atoms with Gasteiger partial charge in [0.05, 0.1) is 14.2 Å². The molecule has 0 saturated heterocycles. The van der Waals surface area contributed by atoms with Crippen LogP contribution < -0.4 is 14.2 Å². The van der Waals surface area contributed by atoms with E-state index in [0.29, 0.717) is 17.2 Å². The highest BCUT2D eigenvalue weighted by atomic mass is 16.5. The Morgan fingerprint density at radius 3 is 2.05 bits per heavy atom. The second-order valence-corrected chi connectivity index (χ2v) is 4.21. The Morgan fingerprint density at radius 1 is 0.905 bits per heavy atom. The molecule has 0 aromatic heterocycles. The second kappa shape index (κ2) is 7.14. The van der Waals surface area contributed by atoms with Crippen LogP contribution in [0.5, 0.6) is 17.2 Å². The van der Waals surface area contributed by atoms with Crippen molar-refractivity contribution in [1.29, 1.82) is 0 Å². The van der Waals surface area contributed by atoms with E-state index in [0.717, 1.165) is 5.56 Å². The molecular weight excluding hydrogens is 268 g/mol. The van der Waals surface area contributed by atoms with E-state index in [4.69, 9.17) is 14.2 Å². The molecule has 2 rings (SSSR count). The van der Waals surface area contributed by atoms with E-state index in [-0.39, 0.29) is 0 Å². The van der Waals surface area contributed by atoms with Crippen molar-refractivity contribution in [2.75, 3.05) is 14.2 Å². The van der Waals surface area contributed by atoms with Crippen molar-refractivity contribution in [3.05, 3.63) is 60.2 Å². The molecule has 2 aromatic rings. The number of hydrogen-bond donors (Lipinski definition) is 0. The zero-order valence-electron chi connectivity index (χ0n) is 11.9. The monoisotopic (exact) mass is 284 g/mol. The minimum atomic E-state index is -0.464. The SMILES string of the molecule is COc1cc(OC)cc(OC(=O)/C=C/c2ccccc2)c1. The first kappa shape index (κ1) is 14.7. The molecule has 0 aliphatic carbocycles. The lowest BCUT2D eigenvalue weighted by Crippen LogP contribution is -2.04. The molecule has 108 valence electrons. The molecular formula is C17H16O4. The summed E-state index contributed by atoms with van der Waals surface area (Å²) in [6.07, 6.45) is 3.07. The van der Waals surface area contributed by atoms with Gasteiger partial charge in [0.1, 0.15) is 17.2 Å². The Balaban J connectivity index is 2.07. The zero-order valence-corrected chi connectivity index (χ0v) is 11.9. The predicted octanol–water partition coefficient (Wildman–Crippen LogP) is 3.32. The Morgan fingerprint density at radius 2 is 1.48 bits per heavy atom. The summed E-state index contributed by atoms with van der Waals surface area (Å²) in [5, 5.41) is 0. The highest BCUT2D eigenvalue weighted by Gasteiger charge is 2.06. The van der Waals surface area contributed by atoms with Crippen molar-refractivity contribution < 1.29 is 19.0 Å². The first-order valence-electron chi connectivity index (χ1n) is 6.39. The number of methoxy groups -OCH3 is 2. The van der Waals surface area contributed by atoms with Crippen LogP contribution in [0.3, 0.4) is 0 Å². The summed E-state index contributed by atoms with van der Waals surface area (Å²) in [6, 6.07) is 14.5. The van der Waals surface area contributed by atoms with Crippen molar-refractivity contribution in [2.24, 2.45) is 0 Å². The lowest BCUT2D eigenvalue weighted by Gasteiger charge is -2.07. The quantitative estimate of drug-likeness (QED) is 0.480. The van der Waals surface area contributed by atoms with Gasteiger partial charge in [0, 0.05) is 24.3 Å². The topological polar surface area (TPSA) is 44.8 Å². The van der Waals surface area contributed by atoms with Crippen LogP contribution in [-0.4, -0.2) is 20.2 Å². The Hall–Kier alpha value is -2.75.